The molecule has 3 heterocycles. The highest BCUT2D eigenvalue weighted by atomic mass is 15.3. The standard InChI is InChI=1S/C13H11N5/c14-11-9-18(12-5-1-2-7-16-12)17-13(11)10-4-3-6-15-8-10/h1-9H,14H2. The van der Waals surface area contributed by atoms with E-state index in [9.17, 15) is 0 Å². The molecule has 3 rings (SSSR count). The van der Waals surface area contributed by atoms with Crippen molar-refractivity contribution in [2.24, 2.45) is 0 Å². The molecule has 0 aliphatic heterocycles. The predicted octanol–water partition coefficient (Wildman–Crippen LogP) is 1.91. The first-order valence-electron chi connectivity index (χ1n) is 5.51. The molecular weight excluding hydrogens is 226 g/mol. The Morgan fingerprint density at radius 2 is 2.00 bits per heavy atom. The summed E-state index contributed by atoms with van der Waals surface area (Å²) in [6.07, 6.45) is 6.93. The number of rotatable bonds is 2. The molecule has 0 bridgehead atoms. The van der Waals surface area contributed by atoms with Crippen LogP contribution in [0.2, 0.25) is 0 Å². The summed E-state index contributed by atoms with van der Waals surface area (Å²) in [5.41, 5.74) is 8.19. The average Bonchev–Trinajstić information content (AvgIpc) is 2.83. The summed E-state index contributed by atoms with van der Waals surface area (Å²) in [6.45, 7) is 0. The number of nitrogens with zero attached hydrogens (tertiary/aromatic N) is 4. The van der Waals surface area contributed by atoms with E-state index in [-0.39, 0.29) is 0 Å². The highest BCUT2D eigenvalue weighted by Gasteiger charge is 2.09. The molecule has 3 aromatic rings. The van der Waals surface area contributed by atoms with Crippen molar-refractivity contribution in [1.29, 1.82) is 0 Å². The van der Waals surface area contributed by atoms with E-state index in [0.717, 1.165) is 11.4 Å². The van der Waals surface area contributed by atoms with Crippen molar-refractivity contribution in [1.82, 2.24) is 19.7 Å². The van der Waals surface area contributed by atoms with Gasteiger partial charge in [0.2, 0.25) is 0 Å². The van der Waals surface area contributed by atoms with E-state index in [1.807, 2.05) is 30.3 Å². The second-order valence-corrected chi connectivity index (χ2v) is 3.81. The minimum Gasteiger partial charge on any atom is -0.396 e. The van der Waals surface area contributed by atoms with Crippen LogP contribution in [0.25, 0.3) is 17.1 Å². The van der Waals surface area contributed by atoms with Crippen LogP contribution < -0.4 is 5.73 Å². The lowest BCUT2D eigenvalue weighted by Crippen LogP contribution is -1.97. The SMILES string of the molecule is Nc1cn(-c2ccccn2)nc1-c1cccnc1. The Hall–Kier alpha value is -2.69. The van der Waals surface area contributed by atoms with Crippen molar-refractivity contribution >= 4 is 5.69 Å². The van der Waals surface area contributed by atoms with E-state index in [4.69, 9.17) is 5.73 Å². The van der Waals surface area contributed by atoms with Gasteiger partial charge in [-0.2, -0.15) is 5.10 Å². The lowest BCUT2D eigenvalue weighted by Gasteiger charge is -1.98. The number of pyridine rings is 2. The Morgan fingerprint density at radius 1 is 1.06 bits per heavy atom. The molecule has 0 aliphatic carbocycles. The number of nitrogen functional groups attached to an aromatic ring is 1. The second kappa shape index (κ2) is 4.29. The topological polar surface area (TPSA) is 69.6 Å². The summed E-state index contributed by atoms with van der Waals surface area (Å²) in [6, 6.07) is 9.42. The number of anilines is 1. The molecule has 0 fully saturated rings. The van der Waals surface area contributed by atoms with Crippen LogP contribution in [0.5, 0.6) is 0 Å². The van der Waals surface area contributed by atoms with Crippen LogP contribution in [0.1, 0.15) is 0 Å². The first kappa shape index (κ1) is 10.5. The van der Waals surface area contributed by atoms with Gasteiger partial charge in [-0.05, 0) is 24.3 Å². The molecule has 0 saturated heterocycles. The van der Waals surface area contributed by atoms with Crippen LogP contribution in [0.4, 0.5) is 5.69 Å². The number of aromatic nitrogens is 4. The van der Waals surface area contributed by atoms with E-state index >= 15 is 0 Å². The van der Waals surface area contributed by atoms with Crippen molar-refractivity contribution in [3.8, 4) is 17.1 Å². The van der Waals surface area contributed by atoms with E-state index in [0.29, 0.717) is 11.4 Å². The lowest BCUT2D eigenvalue weighted by molar-refractivity contribution is 0.850. The molecule has 2 N–H and O–H groups in total. The van der Waals surface area contributed by atoms with Gasteiger partial charge < -0.3 is 5.73 Å². The van der Waals surface area contributed by atoms with Crippen molar-refractivity contribution in [2.75, 3.05) is 5.73 Å². The van der Waals surface area contributed by atoms with Crippen LogP contribution in [-0.2, 0) is 0 Å². The van der Waals surface area contributed by atoms with Gasteiger partial charge in [-0.1, -0.05) is 6.07 Å². The molecule has 5 heteroatoms. The van der Waals surface area contributed by atoms with Crippen molar-refractivity contribution < 1.29 is 0 Å². The Balaban J connectivity index is 2.07. The quantitative estimate of drug-likeness (QED) is 0.739. The molecule has 3 aromatic heterocycles. The van der Waals surface area contributed by atoms with Gasteiger partial charge in [-0.15, -0.1) is 0 Å². The van der Waals surface area contributed by atoms with Gasteiger partial charge in [0.1, 0.15) is 5.69 Å². The Morgan fingerprint density at radius 3 is 2.72 bits per heavy atom. The second-order valence-electron chi connectivity index (χ2n) is 3.81. The zero-order valence-corrected chi connectivity index (χ0v) is 9.56. The molecule has 18 heavy (non-hydrogen) atoms. The van der Waals surface area contributed by atoms with E-state index in [1.54, 1.807) is 29.5 Å². The van der Waals surface area contributed by atoms with Crippen LogP contribution in [-0.4, -0.2) is 19.7 Å². The molecule has 0 radical (unpaired) electrons. The van der Waals surface area contributed by atoms with Crippen LogP contribution >= 0.6 is 0 Å². The first-order chi connectivity index (χ1) is 8.84. The Bertz CT molecular complexity index is 646. The zero-order chi connectivity index (χ0) is 12.4. The van der Waals surface area contributed by atoms with Crippen LogP contribution in [0.3, 0.4) is 0 Å². The van der Waals surface area contributed by atoms with Gasteiger partial charge in [0, 0.05) is 24.2 Å². The predicted molar refractivity (Wildman–Crippen MR) is 69.0 cm³/mol. The maximum Gasteiger partial charge on any atom is 0.153 e. The molecule has 0 aromatic carbocycles. The molecular formula is C13H11N5. The van der Waals surface area contributed by atoms with Crippen molar-refractivity contribution in [3.63, 3.8) is 0 Å². The zero-order valence-electron chi connectivity index (χ0n) is 9.56. The molecule has 0 amide bonds. The molecule has 0 unspecified atom stereocenters. The average molecular weight is 237 g/mol. The van der Waals surface area contributed by atoms with Crippen molar-refractivity contribution in [2.45, 2.75) is 0 Å². The summed E-state index contributed by atoms with van der Waals surface area (Å²) in [4.78, 5) is 8.29. The van der Waals surface area contributed by atoms with E-state index < -0.39 is 0 Å². The first-order valence-corrected chi connectivity index (χ1v) is 5.51. The number of hydrogen-bond acceptors (Lipinski definition) is 4. The lowest BCUT2D eigenvalue weighted by atomic mass is 10.2. The van der Waals surface area contributed by atoms with Crippen molar-refractivity contribution in [3.05, 3.63) is 55.1 Å². The third kappa shape index (κ3) is 1.82. The molecule has 5 nitrogen and oxygen atoms in total. The monoisotopic (exact) mass is 237 g/mol. The van der Waals surface area contributed by atoms with Gasteiger partial charge in [0.25, 0.3) is 0 Å². The van der Waals surface area contributed by atoms with Gasteiger partial charge in [-0.3, -0.25) is 4.98 Å². The smallest absolute Gasteiger partial charge is 0.153 e. The summed E-state index contributed by atoms with van der Waals surface area (Å²) in [7, 11) is 0. The highest BCUT2D eigenvalue weighted by molar-refractivity contribution is 5.71. The van der Waals surface area contributed by atoms with Gasteiger partial charge >= 0.3 is 0 Å². The molecule has 0 saturated carbocycles. The summed E-state index contributed by atoms with van der Waals surface area (Å²) < 4.78 is 1.66. The number of hydrogen-bond donors (Lipinski definition) is 1. The molecule has 0 spiro atoms. The fourth-order valence-corrected chi connectivity index (χ4v) is 1.72. The maximum atomic E-state index is 5.97. The molecule has 88 valence electrons. The van der Waals surface area contributed by atoms with E-state index in [2.05, 4.69) is 15.1 Å². The highest BCUT2D eigenvalue weighted by Crippen LogP contribution is 2.23. The summed E-state index contributed by atoms with van der Waals surface area (Å²) in [5.74, 6) is 0.736. The van der Waals surface area contributed by atoms with Gasteiger partial charge in [0.15, 0.2) is 5.82 Å². The Labute approximate surface area is 104 Å². The van der Waals surface area contributed by atoms with Gasteiger partial charge in [-0.25, -0.2) is 9.67 Å². The summed E-state index contributed by atoms with van der Waals surface area (Å²) in [5, 5.41) is 4.44. The Kier molecular flexibility index (Phi) is 2.49. The minimum absolute atomic E-state index is 0.605. The third-order valence-corrected chi connectivity index (χ3v) is 2.56. The normalized spacial score (nSPS) is 10.4. The fourth-order valence-electron chi connectivity index (χ4n) is 1.72. The molecule has 0 aliphatic rings. The van der Waals surface area contributed by atoms with Gasteiger partial charge in [0.05, 0.1) is 11.9 Å². The van der Waals surface area contributed by atoms with Crippen LogP contribution in [0.15, 0.2) is 55.1 Å². The maximum absolute atomic E-state index is 5.97. The third-order valence-electron chi connectivity index (χ3n) is 2.56. The van der Waals surface area contributed by atoms with Crippen LogP contribution in [0, 0.1) is 0 Å². The molecule has 0 atom stereocenters. The fraction of sp³-hybridized carbons (Fsp3) is 0. The number of nitrogens with two attached hydrogens (primary N) is 1. The summed E-state index contributed by atoms with van der Waals surface area (Å²) >= 11 is 0. The minimum atomic E-state index is 0.605. The largest absolute Gasteiger partial charge is 0.396 e. The van der Waals surface area contributed by atoms with E-state index in [1.165, 1.54) is 0 Å².